The van der Waals surface area contributed by atoms with Crippen LogP contribution in [-0.4, -0.2) is 0 Å². The van der Waals surface area contributed by atoms with Crippen LogP contribution in [0.3, 0.4) is 0 Å². The van der Waals surface area contributed by atoms with Crippen molar-refractivity contribution in [3.05, 3.63) is 0 Å². The number of hydrogen-bond donors (Lipinski definition) is 0. The average Bonchev–Trinajstić information content (AvgIpc) is 1.89. The van der Waals surface area contributed by atoms with Crippen LogP contribution in [0.5, 0.6) is 0 Å². The predicted molar refractivity (Wildman–Crippen MR) is 66.5 cm³/mol. The molecule has 0 aliphatic rings. The van der Waals surface area contributed by atoms with Gasteiger partial charge in [-0.1, -0.05) is 0 Å². The van der Waals surface area contributed by atoms with Gasteiger partial charge in [-0.25, -0.2) is 0 Å². The Kier molecular flexibility index (Phi) is 14.6. The topological polar surface area (TPSA) is 0 Å². The Balaban J connectivity index is 3.50. The third-order valence-corrected chi connectivity index (χ3v) is 21.1. The summed E-state index contributed by atoms with van der Waals surface area (Å²) in [5.41, 5.74) is 0. The minimum absolute atomic E-state index is 0.802. The Bertz CT molecular complexity index is 163. The van der Waals surface area contributed by atoms with Gasteiger partial charge in [0.15, 0.2) is 0 Å². The van der Waals surface area contributed by atoms with Gasteiger partial charge in [0.1, 0.15) is 0 Å². The quantitative estimate of drug-likeness (QED) is 0.480. The summed E-state index contributed by atoms with van der Waals surface area (Å²) in [6.07, 6.45) is 0. The first-order valence-electron chi connectivity index (χ1n) is 1.71. The molecule has 0 aromatic carbocycles. The van der Waals surface area contributed by atoms with Crippen LogP contribution in [0.25, 0.3) is 0 Å². The van der Waals surface area contributed by atoms with Gasteiger partial charge < -0.3 is 0 Å². The average molecular weight is 282 g/mol. The molecule has 0 aliphatic heterocycles. The molecule has 0 bridgehead atoms. The van der Waals surface area contributed by atoms with Gasteiger partial charge in [-0.15, -0.1) is 0 Å². The summed E-state index contributed by atoms with van der Waals surface area (Å²) in [5, 5.41) is 0. The molecule has 9 heavy (non-hydrogen) atoms. The van der Waals surface area contributed by atoms with E-state index in [9.17, 15) is 0 Å². The molecule has 0 nitrogen and oxygen atoms in total. The fourth-order valence-corrected chi connectivity index (χ4v) is 24.0. The first kappa shape index (κ1) is 12.0. The van der Waals surface area contributed by atoms with Crippen molar-refractivity contribution in [2.24, 2.45) is 0 Å². The Morgan fingerprint density at radius 3 is 2.33 bits per heavy atom. The molecule has 0 rings (SSSR count). The van der Waals surface area contributed by atoms with Crippen LogP contribution in [-0.2, 0) is 0 Å². The second-order valence-corrected chi connectivity index (χ2v) is 18.2. The van der Waals surface area contributed by atoms with E-state index in [1.54, 1.807) is 0 Å². The molecule has 2 unspecified atom stereocenters. The van der Waals surface area contributed by atoms with Gasteiger partial charge in [0.25, 0.3) is 0 Å². The van der Waals surface area contributed by atoms with Crippen LogP contribution in [0.15, 0.2) is 0 Å². The van der Waals surface area contributed by atoms with Crippen LogP contribution in [0, 0.1) is 0 Å². The molecule has 0 saturated heterocycles. The molecule has 0 aromatic rings. The van der Waals surface area contributed by atoms with Crippen molar-refractivity contribution in [1.82, 2.24) is 0 Å². The molecule has 0 radical (unpaired) electrons. The van der Waals surface area contributed by atoms with Crippen molar-refractivity contribution in [3.63, 3.8) is 0 Å². The molecule has 0 saturated carbocycles. The molecule has 0 aliphatic carbocycles. The van der Waals surface area contributed by atoms with Gasteiger partial charge in [-0.3, -0.25) is 0 Å². The van der Waals surface area contributed by atoms with Crippen molar-refractivity contribution >= 4 is 70.0 Å². The Hall–Kier alpha value is 2.96. The van der Waals surface area contributed by atoms with E-state index in [0.29, 0.717) is 0 Å². The van der Waals surface area contributed by atoms with Gasteiger partial charge >= 0.3 is 70.0 Å². The summed E-state index contributed by atoms with van der Waals surface area (Å²) >= 11 is 0. The standard InChI is InChI=1S/H3P9/c1-3-5-7-9-8-6-4-2/h4H,1H2. The van der Waals surface area contributed by atoms with Gasteiger partial charge in [0.05, 0.1) is 0 Å². The van der Waals surface area contributed by atoms with E-state index in [1.165, 1.54) is 45.3 Å². The number of rotatable bonds is 2. The van der Waals surface area contributed by atoms with Crippen molar-refractivity contribution in [3.8, 4) is 0 Å². The summed E-state index contributed by atoms with van der Waals surface area (Å²) in [5.74, 6) is 0. The maximum absolute atomic E-state index is 4.14. The zero-order chi connectivity index (χ0) is 6.95. The Labute approximate surface area is 70.0 Å². The molecule has 0 heterocycles. The maximum atomic E-state index is 4.14. The second-order valence-electron chi connectivity index (χ2n) is 0.673. The zero-order valence-corrected chi connectivity index (χ0v) is 12.6. The van der Waals surface area contributed by atoms with Crippen LogP contribution >= 0.6 is 70.0 Å². The van der Waals surface area contributed by atoms with Gasteiger partial charge in [0.2, 0.25) is 0 Å². The Morgan fingerprint density at radius 2 is 1.78 bits per heavy atom. The molecule has 0 fully saturated rings. The van der Waals surface area contributed by atoms with Crippen molar-refractivity contribution in [2.75, 3.05) is 0 Å². The van der Waals surface area contributed by atoms with Crippen LogP contribution in [0.4, 0.5) is 0 Å². The van der Waals surface area contributed by atoms with Crippen LogP contribution in [0.1, 0.15) is 0 Å². The van der Waals surface area contributed by atoms with E-state index in [0.717, 1.165) is 7.37 Å². The summed E-state index contributed by atoms with van der Waals surface area (Å²) in [4.78, 5) is 0. The molecular weight excluding hydrogens is 279 g/mol. The fraction of sp³-hybridized carbons (Fsp3) is 0. The van der Waals surface area contributed by atoms with Gasteiger partial charge in [-0.05, 0) is 0 Å². The van der Waals surface area contributed by atoms with E-state index < -0.39 is 0 Å². The van der Waals surface area contributed by atoms with Crippen LogP contribution in [0.2, 0.25) is 0 Å². The summed E-state index contributed by atoms with van der Waals surface area (Å²) in [6, 6.07) is 0. The molecule has 9 heteroatoms. The van der Waals surface area contributed by atoms with E-state index in [-0.39, 0.29) is 0 Å². The minimum atomic E-state index is 0.802. The first-order valence-corrected chi connectivity index (χ1v) is 15.3. The van der Waals surface area contributed by atoms with E-state index in [4.69, 9.17) is 0 Å². The zero-order valence-electron chi connectivity index (χ0n) is 4.21. The van der Waals surface area contributed by atoms with Crippen LogP contribution < -0.4 is 0 Å². The number of hydrogen-bond acceptors (Lipinski definition) is 0. The molecule has 0 aromatic heterocycles. The fourth-order valence-electron chi connectivity index (χ4n) is 0.0989. The molecular formula is H3P9. The first-order chi connectivity index (χ1) is 4.41. The Morgan fingerprint density at radius 1 is 1.11 bits per heavy atom. The van der Waals surface area contributed by atoms with Crippen molar-refractivity contribution in [1.29, 1.82) is 0 Å². The van der Waals surface area contributed by atoms with E-state index in [1.807, 2.05) is 0 Å². The molecule has 48 valence electrons. The molecule has 2 atom stereocenters. The van der Waals surface area contributed by atoms with E-state index in [2.05, 4.69) is 17.3 Å². The summed E-state index contributed by atoms with van der Waals surface area (Å²) in [6.45, 7) is 0. The normalized spacial score (nSPS) is 12.9. The molecule has 0 amide bonds. The monoisotopic (exact) mass is 282 g/mol. The molecule has 0 spiro atoms. The predicted octanol–water partition coefficient (Wildman–Crippen LogP) is 6.95. The van der Waals surface area contributed by atoms with E-state index >= 15 is 0 Å². The summed E-state index contributed by atoms with van der Waals surface area (Å²) in [7, 11) is 16.6. The van der Waals surface area contributed by atoms with Gasteiger partial charge in [0, 0.05) is 0 Å². The van der Waals surface area contributed by atoms with Crippen molar-refractivity contribution in [2.45, 2.75) is 0 Å². The van der Waals surface area contributed by atoms with Crippen molar-refractivity contribution < 1.29 is 0 Å². The third kappa shape index (κ3) is 11.0. The third-order valence-electron chi connectivity index (χ3n) is 0.261. The summed E-state index contributed by atoms with van der Waals surface area (Å²) < 4.78 is 0. The molecule has 0 N–H and O–H groups in total. The second kappa shape index (κ2) is 11.0. The SMILES string of the molecule is P#[PH]\P=P/P=P\P=P/P. The van der Waals surface area contributed by atoms with Gasteiger partial charge in [-0.2, -0.15) is 0 Å².